The lowest BCUT2D eigenvalue weighted by molar-refractivity contribution is 0.0839. The number of aromatic nitrogens is 1. The number of ether oxygens (including phenoxy) is 1. The van der Waals surface area contributed by atoms with Crippen LogP contribution >= 0.6 is 0 Å². The quantitative estimate of drug-likeness (QED) is 0.718. The Labute approximate surface area is 82.4 Å². The molecule has 0 spiro atoms. The molecule has 74 valence electrons. The summed E-state index contributed by atoms with van der Waals surface area (Å²) in [6.45, 7) is 4.41. The summed E-state index contributed by atoms with van der Waals surface area (Å²) in [7, 11) is 0. The maximum Gasteiger partial charge on any atom is 0.270 e. The molecule has 0 radical (unpaired) electrons. The molecule has 1 aromatic heterocycles. The van der Waals surface area contributed by atoms with Gasteiger partial charge in [-0.3, -0.25) is 9.36 Å². The zero-order valence-corrected chi connectivity index (χ0v) is 8.28. The standard InChI is InChI=1S/C10H12N2O2/c1-3-14-7-12-8(2)4-5-9(6-11)10(12)13/h4-5H,3,7H2,1-2H3. The molecule has 0 aliphatic carbocycles. The van der Waals surface area contributed by atoms with Crippen LogP contribution in [0.1, 0.15) is 18.2 Å². The molecule has 0 fully saturated rings. The van der Waals surface area contributed by atoms with Gasteiger partial charge in [0.05, 0.1) is 0 Å². The van der Waals surface area contributed by atoms with Crippen molar-refractivity contribution < 1.29 is 4.74 Å². The van der Waals surface area contributed by atoms with E-state index >= 15 is 0 Å². The monoisotopic (exact) mass is 192 g/mol. The van der Waals surface area contributed by atoms with E-state index in [0.29, 0.717) is 6.61 Å². The van der Waals surface area contributed by atoms with Crippen LogP contribution < -0.4 is 5.56 Å². The number of nitrogens with zero attached hydrogens (tertiary/aromatic N) is 2. The summed E-state index contributed by atoms with van der Waals surface area (Å²) in [6, 6.07) is 5.11. The van der Waals surface area contributed by atoms with Gasteiger partial charge in [-0.1, -0.05) is 0 Å². The van der Waals surface area contributed by atoms with E-state index in [2.05, 4.69) is 0 Å². The summed E-state index contributed by atoms with van der Waals surface area (Å²) in [5, 5.41) is 8.66. The van der Waals surface area contributed by atoms with Crippen LogP contribution in [-0.2, 0) is 11.5 Å². The molecule has 1 aromatic rings. The van der Waals surface area contributed by atoms with E-state index < -0.39 is 0 Å². The summed E-state index contributed by atoms with van der Waals surface area (Å²) in [5.41, 5.74) is 0.652. The highest BCUT2D eigenvalue weighted by atomic mass is 16.5. The van der Waals surface area contributed by atoms with Gasteiger partial charge in [0.1, 0.15) is 18.4 Å². The third kappa shape index (κ3) is 2.01. The average molecular weight is 192 g/mol. The van der Waals surface area contributed by atoms with Gasteiger partial charge < -0.3 is 4.74 Å². The molecule has 4 nitrogen and oxygen atoms in total. The van der Waals surface area contributed by atoms with Gasteiger partial charge in [0, 0.05) is 12.3 Å². The zero-order chi connectivity index (χ0) is 10.6. The molecule has 0 N–H and O–H groups in total. The summed E-state index contributed by atoms with van der Waals surface area (Å²) < 4.78 is 6.58. The zero-order valence-electron chi connectivity index (χ0n) is 8.28. The maximum absolute atomic E-state index is 11.6. The molecule has 0 saturated heterocycles. The van der Waals surface area contributed by atoms with Crippen LogP contribution in [-0.4, -0.2) is 11.2 Å². The third-order valence-electron chi connectivity index (χ3n) is 1.94. The van der Waals surface area contributed by atoms with Crippen molar-refractivity contribution >= 4 is 0 Å². The number of rotatable bonds is 3. The second-order valence-electron chi connectivity index (χ2n) is 2.86. The molecule has 0 saturated carbocycles. The van der Waals surface area contributed by atoms with Crippen molar-refractivity contribution in [2.45, 2.75) is 20.6 Å². The lowest BCUT2D eigenvalue weighted by Gasteiger charge is -2.09. The van der Waals surface area contributed by atoms with E-state index in [4.69, 9.17) is 10.00 Å². The van der Waals surface area contributed by atoms with Crippen LogP contribution in [0.5, 0.6) is 0 Å². The Morgan fingerprint density at radius 2 is 2.29 bits per heavy atom. The van der Waals surface area contributed by atoms with E-state index in [1.165, 1.54) is 10.6 Å². The van der Waals surface area contributed by atoms with Gasteiger partial charge in [-0.2, -0.15) is 5.26 Å². The van der Waals surface area contributed by atoms with Crippen LogP contribution in [0.25, 0.3) is 0 Å². The fraction of sp³-hybridized carbons (Fsp3) is 0.400. The van der Waals surface area contributed by atoms with Crippen LogP contribution in [0, 0.1) is 18.3 Å². The van der Waals surface area contributed by atoms with Crippen LogP contribution in [0.15, 0.2) is 16.9 Å². The van der Waals surface area contributed by atoms with Crippen molar-refractivity contribution in [3.05, 3.63) is 33.7 Å². The van der Waals surface area contributed by atoms with Gasteiger partial charge in [0.15, 0.2) is 0 Å². The lowest BCUT2D eigenvalue weighted by atomic mass is 10.2. The van der Waals surface area contributed by atoms with E-state index in [1.54, 1.807) is 6.07 Å². The summed E-state index contributed by atoms with van der Waals surface area (Å²) in [5.74, 6) is 0. The minimum Gasteiger partial charge on any atom is -0.361 e. The number of pyridine rings is 1. The van der Waals surface area contributed by atoms with E-state index in [-0.39, 0.29) is 17.9 Å². The molecular formula is C10H12N2O2. The second kappa shape index (κ2) is 4.58. The van der Waals surface area contributed by atoms with E-state index in [1.807, 2.05) is 19.9 Å². The van der Waals surface area contributed by atoms with Crippen LogP contribution in [0.2, 0.25) is 0 Å². The highest BCUT2D eigenvalue weighted by molar-refractivity contribution is 5.27. The maximum atomic E-state index is 11.6. The first-order chi connectivity index (χ1) is 6.70. The minimum atomic E-state index is -0.291. The number of aryl methyl sites for hydroxylation is 1. The number of nitriles is 1. The Morgan fingerprint density at radius 3 is 2.86 bits per heavy atom. The Morgan fingerprint density at radius 1 is 1.57 bits per heavy atom. The Kier molecular flexibility index (Phi) is 3.43. The van der Waals surface area contributed by atoms with Crippen molar-refractivity contribution in [1.29, 1.82) is 5.26 Å². The predicted octanol–water partition coefficient (Wildman–Crippen LogP) is 1.02. The summed E-state index contributed by atoms with van der Waals surface area (Å²) in [4.78, 5) is 11.6. The molecule has 0 atom stereocenters. The van der Waals surface area contributed by atoms with Crippen molar-refractivity contribution in [1.82, 2.24) is 4.57 Å². The van der Waals surface area contributed by atoms with Crippen molar-refractivity contribution in [3.63, 3.8) is 0 Å². The van der Waals surface area contributed by atoms with Gasteiger partial charge in [0.2, 0.25) is 0 Å². The second-order valence-corrected chi connectivity index (χ2v) is 2.86. The Bertz CT molecular complexity index is 415. The Balaban J connectivity index is 3.14. The van der Waals surface area contributed by atoms with Gasteiger partial charge >= 0.3 is 0 Å². The van der Waals surface area contributed by atoms with Crippen LogP contribution in [0.4, 0.5) is 0 Å². The van der Waals surface area contributed by atoms with Crippen molar-refractivity contribution in [2.24, 2.45) is 0 Å². The first kappa shape index (κ1) is 10.5. The summed E-state index contributed by atoms with van der Waals surface area (Å²) >= 11 is 0. The molecule has 1 heterocycles. The number of hydrogen-bond donors (Lipinski definition) is 0. The summed E-state index contributed by atoms with van der Waals surface area (Å²) in [6.07, 6.45) is 0. The van der Waals surface area contributed by atoms with E-state index in [0.717, 1.165) is 5.69 Å². The van der Waals surface area contributed by atoms with Crippen molar-refractivity contribution in [2.75, 3.05) is 6.61 Å². The molecule has 0 unspecified atom stereocenters. The molecule has 0 bridgehead atoms. The van der Waals surface area contributed by atoms with E-state index in [9.17, 15) is 4.79 Å². The fourth-order valence-corrected chi connectivity index (χ4v) is 1.10. The minimum absolute atomic E-state index is 0.148. The number of hydrogen-bond acceptors (Lipinski definition) is 3. The molecule has 0 aliphatic rings. The first-order valence-corrected chi connectivity index (χ1v) is 4.39. The van der Waals surface area contributed by atoms with Gasteiger partial charge in [-0.15, -0.1) is 0 Å². The van der Waals surface area contributed by atoms with Gasteiger partial charge in [-0.25, -0.2) is 0 Å². The Hall–Kier alpha value is -1.60. The van der Waals surface area contributed by atoms with Gasteiger partial charge in [-0.05, 0) is 26.0 Å². The molecule has 0 amide bonds. The molecular weight excluding hydrogens is 180 g/mol. The SMILES string of the molecule is CCOCn1c(C)ccc(C#N)c1=O. The average Bonchev–Trinajstić information content (AvgIpc) is 2.18. The van der Waals surface area contributed by atoms with Crippen molar-refractivity contribution in [3.8, 4) is 6.07 Å². The normalized spacial score (nSPS) is 9.79. The smallest absolute Gasteiger partial charge is 0.270 e. The molecule has 0 aliphatic heterocycles. The molecule has 4 heteroatoms. The molecule has 14 heavy (non-hydrogen) atoms. The molecule has 1 rings (SSSR count). The largest absolute Gasteiger partial charge is 0.361 e. The first-order valence-electron chi connectivity index (χ1n) is 4.39. The predicted molar refractivity (Wildman–Crippen MR) is 51.8 cm³/mol. The van der Waals surface area contributed by atoms with Crippen LogP contribution in [0.3, 0.4) is 0 Å². The highest BCUT2D eigenvalue weighted by Gasteiger charge is 2.04. The lowest BCUT2D eigenvalue weighted by Crippen LogP contribution is -2.25. The topological polar surface area (TPSA) is 55.0 Å². The van der Waals surface area contributed by atoms with Gasteiger partial charge in [0.25, 0.3) is 5.56 Å². The molecule has 0 aromatic carbocycles. The fourth-order valence-electron chi connectivity index (χ4n) is 1.10. The highest BCUT2D eigenvalue weighted by Crippen LogP contribution is 1.97. The third-order valence-corrected chi connectivity index (χ3v) is 1.94.